The van der Waals surface area contributed by atoms with Crippen LogP contribution in [0.3, 0.4) is 0 Å². The zero-order valence-corrected chi connectivity index (χ0v) is 8.48. The third kappa shape index (κ3) is 3.25. The fourth-order valence-corrected chi connectivity index (χ4v) is 1.06. The molecule has 1 saturated carbocycles. The molecule has 1 aliphatic carbocycles. The van der Waals surface area contributed by atoms with Gasteiger partial charge in [-0.25, -0.2) is 0 Å². The highest BCUT2D eigenvalue weighted by Crippen LogP contribution is 2.32. The zero-order valence-electron chi connectivity index (χ0n) is 8.48. The molecule has 1 rings (SSSR count). The largest absolute Gasteiger partial charge is 0.373 e. The van der Waals surface area contributed by atoms with Crippen LogP contribution >= 0.6 is 0 Å². The summed E-state index contributed by atoms with van der Waals surface area (Å²) in [5, 5.41) is 0. The maximum atomic E-state index is 5.62. The predicted octanol–water partition coefficient (Wildman–Crippen LogP) is 2.92. The molecular weight excluding hydrogens is 148 g/mol. The number of ether oxygens (including phenoxy) is 1. The van der Waals surface area contributed by atoms with Gasteiger partial charge in [-0.2, -0.15) is 0 Å². The van der Waals surface area contributed by atoms with Crippen LogP contribution < -0.4 is 0 Å². The quantitative estimate of drug-likeness (QED) is 0.586. The van der Waals surface area contributed by atoms with E-state index in [-0.39, 0.29) is 0 Å². The zero-order chi connectivity index (χ0) is 9.14. The molecule has 1 fully saturated rings. The second kappa shape index (κ2) is 3.93. The molecule has 0 aromatic carbocycles. The van der Waals surface area contributed by atoms with Gasteiger partial charge >= 0.3 is 0 Å². The molecular formula is C11H18O. The van der Waals surface area contributed by atoms with Crippen LogP contribution in [0.15, 0.2) is 16.9 Å². The van der Waals surface area contributed by atoms with Crippen molar-refractivity contribution in [1.29, 1.82) is 0 Å². The Bertz CT molecular complexity index is 215. The van der Waals surface area contributed by atoms with Crippen molar-refractivity contribution in [3.8, 4) is 0 Å². The first-order valence-electron chi connectivity index (χ1n) is 4.64. The van der Waals surface area contributed by atoms with Crippen molar-refractivity contribution in [3.05, 3.63) is 16.9 Å². The summed E-state index contributed by atoms with van der Waals surface area (Å²) in [6, 6.07) is 0. The Kier molecular flexibility index (Phi) is 3.13. The highest BCUT2D eigenvalue weighted by atomic mass is 16.5. The summed E-state index contributed by atoms with van der Waals surface area (Å²) in [6.45, 7) is 9.37. The summed E-state index contributed by atoms with van der Waals surface area (Å²) in [5.74, 6) is 0.638. The Balaban J connectivity index is 2.30. The second-order valence-corrected chi connectivity index (χ2v) is 4.07. The summed E-state index contributed by atoms with van der Waals surface area (Å²) in [6.07, 6.45) is 1.49. The van der Waals surface area contributed by atoms with E-state index < -0.39 is 0 Å². The molecule has 0 heterocycles. The molecule has 0 aromatic heterocycles. The first-order valence-corrected chi connectivity index (χ1v) is 4.64. The maximum Gasteiger partial charge on any atom is 0.0903 e. The molecule has 0 spiro atoms. The van der Waals surface area contributed by atoms with Crippen LogP contribution in [-0.2, 0) is 4.74 Å². The van der Waals surface area contributed by atoms with E-state index in [9.17, 15) is 0 Å². The molecule has 12 heavy (non-hydrogen) atoms. The van der Waals surface area contributed by atoms with Gasteiger partial charge in [-0.15, -0.1) is 5.73 Å². The molecule has 0 aromatic rings. The summed E-state index contributed by atoms with van der Waals surface area (Å²) < 4.78 is 5.62. The lowest BCUT2D eigenvalue weighted by molar-refractivity contribution is 0.103. The standard InChI is InChI=1S/C11H18O/c1-8(2)5-10-6-11(10)12-7-9(3)4/h9,11H,6-7H2,1-4H3. The van der Waals surface area contributed by atoms with Crippen LogP contribution in [-0.4, -0.2) is 12.7 Å². The van der Waals surface area contributed by atoms with E-state index in [0.717, 1.165) is 13.0 Å². The summed E-state index contributed by atoms with van der Waals surface area (Å²) in [5.41, 5.74) is 5.89. The van der Waals surface area contributed by atoms with Crippen LogP contribution in [0.1, 0.15) is 34.1 Å². The van der Waals surface area contributed by atoms with Gasteiger partial charge in [-0.1, -0.05) is 13.8 Å². The van der Waals surface area contributed by atoms with Gasteiger partial charge in [0, 0.05) is 18.6 Å². The van der Waals surface area contributed by atoms with Crippen molar-refractivity contribution in [3.63, 3.8) is 0 Å². The van der Waals surface area contributed by atoms with Crippen LogP contribution in [0.2, 0.25) is 0 Å². The fourth-order valence-electron chi connectivity index (χ4n) is 1.06. The van der Waals surface area contributed by atoms with Crippen molar-refractivity contribution in [1.82, 2.24) is 0 Å². The molecule has 1 heteroatoms. The Morgan fingerprint density at radius 3 is 2.75 bits per heavy atom. The van der Waals surface area contributed by atoms with Gasteiger partial charge in [0.15, 0.2) is 0 Å². The molecule has 1 unspecified atom stereocenters. The van der Waals surface area contributed by atoms with Gasteiger partial charge in [-0.05, 0) is 25.3 Å². The van der Waals surface area contributed by atoms with Gasteiger partial charge < -0.3 is 4.74 Å². The average Bonchev–Trinajstić information content (AvgIpc) is 2.62. The van der Waals surface area contributed by atoms with E-state index in [0.29, 0.717) is 12.0 Å². The van der Waals surface area contributed by atoms with Crippen LogP contribution in [0.4, 0.5) is 0 Å². The van der Waals surface area contributed by atoms with Crippen molar-refractivity contribution in [2.45, 2.75) is 40.2 Å². The lowest BCUT2D eigenvalue weighted by Crippen LogP contribution is -2.02. The van der Waals surface area contributed by atoms with E-state index >= 15 is 0 Å². The molecule has 1 aliphatic rings. The normalized spacial score (nSPS) is 21.1. The van der Waals surface area contributed by atoms with Crippen LogP contribution in [0.25, 0.3) is 0 Å². The summed E-state index contributed by atoms with van der Waals surface area (Å²) in [7, 11) is 0. The maximum absolute atomic E-state index is 5.62. The third-order valence-corrected chi connectivity index (χ3v) is 1.68. The van der Waals surface area contributed by atoms with Crippen LogP contribution in [0, 0.1) is 5.92 Å². The van der Waals surface area contributed by atoms with E-state index in [1.165, 1.54) is 11.1 Å². The van der Waals surface area contributed by atoms with E-state index in [2.05, 4.69) is 33.4 Å². The Morgan fingerprint density at radius 1 is 1.58 bits per heavy atom. The van der Waals surface area contributed by atoms with Crippen molar-refractivity contribution in [2.24, 2.45) is 5.92 Å². The SMILES string of the molecule is CC(C)=C=C1CC1OCC(C)C. The highest BCUT2D eigenvalue weighted by molar-refractivity contribution is 5.26. The Labute approximate surface area is 75.1 Å². The fraction of sp³-hybridized carbons (Fsp3) is 0.727. The lowest BCUT2D eigenvalue weighted by Gasteiger charge is -2.03. The second-order valence-electron chi connectivity index (χ2n) is 4.07. The minimum absolute atomic E-state index is 0.391. The summed E-state index contributed by atoms with van der Waals surface area (Å²) in [4.78, 5) is 0. The summed E-state index contributed by atoms with van der Waals surface area (Å²) >= 11 is 0. The molecule has 0 N–H and O–H groups in total. The first-order chi connectivity index (χ1) is 5.59. The minimum Gasteiger partial charge on any atom is -0.373 e. The molecule has 0 saturated heterocycles. The molecule has 0 radical (unpaired) electrons. The van der Waals surface area contributed by atoms with Crippen LogP contribution in [0.5, 0.6) is 0 Å². The number of hydrogen-bond acceptors (Lipinski definition) is 1. The van der Waals surface area contributed by atoms with E-state index in [1.54, 1.807) is 0 Å². The van der Waals surface area contributed by atoms with E-state index in [4.69, 9.17) is 4.74 Å². The Morgan fingerprint density at radius 2 is 2.25 bits per heavy atom. The molecule has 68 valence electrons. The Hall–Kier alpha value is -0.520. The molecule has 1 nitrogen and oxygen atoms in total. The third-order valence-electron chi connectivity index (χ3n) is 1.68. The topological polar surface area (TPSA) is 9.23 Å². The average molecular weight is 166 g/mol. The number of hydrogen-bond donors (Lipinski definition) is 0. The van der Waals surface area contributed by atoms with Gasteiger partial charge in [0.05, 0.1) is 6.10 Å². The smallest absolute Gasteiger partial charge is 0.0903 e. The molecule has 0 bridgehead atoms. The van der Waals surface area contributed by atoms with Crippen molar-refractivity contribution >= 4 is 0 Å². The number of rotatable bonds is 3. The van der Waals surface area contributed by atoms with E-state index in [1.807, 2.05) is 0 Å². The molecule has 0 amide bonds. The highest BCUT2D eigenvalue weighted by Gasteiger charge is 2.30. The van der Waals surface area contributed by atoms with Gasteiger partial charge in [0.25, 0.3) is 0 Å². The minimum atomic E-state index is 0.391. The van der Waals surface area contributed by atoms with Crippen molar-refractivity contribution in [2.75, 3.05) is 6.61 Å². The molecule has 0 aliphatic heterocycles. The first kappa shape index (κ1) is 9.57. The lowest BCUT2D eigenvalue weighted by atomic mass is 10.2. The monoisotopic (exact) mass is 166 g/mol. The van der Waals surface area contributed by atoms with Crippen molar-refractivity contribution < 1.29 is 4.74 Å². The van der Waals surface area contributed by atoms with Gasteiger partial charge in [-0.3, -0.25) is 0 Å². The van der Waals surface area contributed by atoms with Gasteiger partial charge in [0.1, 0.15) is 0 Å². The molecule has 1 atom stereocenters. The predicted molar refractivity (Wildman–Crippen MR) is 51.1 cm³/mol. The van der Waals surface area contributed by atoms with Gasteiger partial charge in [0.2, 0.25) is 0 Å².